The van der Waals surface area contributed by atoms with E-state index in [9.17, 15) is 0 Å². The first-order valence-electron chi connectivity index (χ1n) is 5.41. The van der Waals surface area contributed by atoms with Crippen LogP contribution in [0, 0.1) is 6.92 Å². The van der Waals surface area contributed by atoms with Gasteiger partial charge in [0.25, 0.3) is 0 Å². The molecule has 1 aliphatic rings. The van der Waals surface area contributed by atoms with Crippen LogP contribution in [-0.4, -0.2) is 25.2 Å². The zero-order chi connectivity index (χ0) is 11.5. The van der Waals surface area contributed by atoms with Crippen LogP contribution in [-0.2, 0) is 0 Å². The molecule has 3 N–H and O–H groups in total. The summed E-state index contributed by atoms with van der Waals surface area (Å²) in [6, 6.07) is 6.15. The molecule has 0 fully saturated rings. The number of thioether (sulfide) groups is 1. The van der Waals surface area contributed by atoms with E-state index in [4.69, 9.17) is 5.73 Å². The van der Waals surface area contributed by atoms with Crippen LogP contribution in [0.15, 0.2) is 28.1 Å². The number of nitrogens with one attached hydrogen (secondary N) is 1. The van der Waals surface area contributed by atoms with Gasteiger partial charge in [0.2, 0.25) is 0 Å². The highest BCUT2D eigenvalue weighted by molar-refractivity contribution is 7.98. The lowest BCUT2D eigenvalue weighted by atomic mass is 10.0. The van der Waals surface area contributed by atoms with Crippen molar-refractivity contribution >= 4 is 30.0 Å². The Morgan fingerprint density at radius 1 is 1.47 bits per heavy atom. The topological polar surface area (TPSA) is 50.4 Å². The largest absolute Gasteiger partial charge is 0.370 e. The Morgan fingerprint density at radius 2 is 2.24 bits per heavy atom. The Balaban J connectivity index is 0.00000144. The maximum atomic E-state index is 6.22. The summed E-state index contributed by atoms with van der Waals surface area (Å²) in [6.07, 6.45) is 2.09. The maximum absolute atomic E-state index is 6.22. The molecule has 0 aliphatic carbocycles. The summed E-state index contributed by atoms with van der Waals surface area (Å²) in [7, 11) is 0. The van der Waals surface area contributed by atoms with Gasteiger partial charge in [0, 0.05) is 11.4 Å². The van der Waals surface area contributed by atoms with Crippen molar-refractivity contribution in [3.05, 3.63) is 29.3 Å². The molecule has 3 nitrogen and oxygen atoms in total. The molecule has 1 aromatic rings. The average Bonchev–Trinajstić information content (AvgIpc) is 2.82. The summed E-state index contributed by atoms with van der Waals surface area (Å²) < 4.78 is 0. The second-order valence-corrected chi connectivity index (χ2v) is 4.69. The molecule has 1 aromatic carbocycles. The highest BCUT2D eigenvalue weighted by Crippen LogP contribution is 2.26. The Bertz CT molecular complexity index is 420. The van der Waals surface area contributed by atoms with Crippen molar-refractivity contribution in [1.29, 1.82) is 0 Å². The van der Waals surface area contributed by atoms with Gasteiger partial charge in [-0.3, -0.25) is 4.99 Å². The van der Waals surface area contributed by atoms with Gasteiger partial charge in [-0.2, -0.15) is 0 Å². The van der Waals surface area contributed by atoms with Crippen molar-refractivity contribution in [2.24, 2.45) is 10.7 Å². The molecule has 17 heavy (non-hydrogen) atoms. The fraction of sp³-hybridized carbons (Fsp3) is 0.417. The van der Waals surface area contributed by atoms with Gasteiger partial charge in [-0.1, -0.05) is 12.1 Å². The van der Waals surface area contributed by atoms with E-state index < -0.39 is 0 Å². The monoisotopic (exact) mass is 271 g/mol. The Labute approximate surface area is 113 Å². The minimum atomic E-state index is -0.116. The summed E-state index contributed by atoms with van der Waals surface area (Å²) >= 11 is 1.75. The van der Waals surface area contributed by atoms with Crippen molar-refractivity contribution in [3.63, 3.8) is 0 Å². The molecule has 0 aromatic heterocycles. The van der Waals surface area contributed by atoms with E-state index in [1.807, 2.05) is 0 Å². The van der Waals surface area contributed by atoms with E-state index in [1.165, 1.54) is 16.0 Å². The second-order valence-electron chi connectivity index (χ2n) is 3.85. The normalized spacial score (nSPS) is 15.8. The molecule has 2 rings (SSSR count). The van der Waals surface area contributed by atoms with E-state index in [-0.39, 0.29) is 18.4 Å². The molecular weight excluding hydrogens is 254 g/mol. The molecule has 0 amide bonds. The van der Waals surface area contributed by atoms with Gasteiger partial charge in [-0.05, 0) is 30.4 Å². The number of nitrogens with two attached hydrogens (primary N) is 1. The molecular formula is C12H18ClN3S. The number of benzene rings is 1. The minimum absolute atomic E-state index is 0. The standard InChI is InChI=1S/C12H17N3S.ClH/c1-8-9(4-3-5-10(8)16-2)11(13)12-14-6-7-15-12;/h3-5,11H,6-7,13H2,1-2H3,(H,14,15);1H. The predicted octanol–water partition coefficient (Wildman–Crippen LogP) is 2.14. The lowest BCUT2D eigenvalue weighted by Crippen LogP contribution is -2.31. The molecule has 1 heterocycles. The van der Waals surface area contributed by atoms with Gasteiger partial charge in [-0.25, -0.2) is 0 Å². The van der Waals surface area contributed by atoms with E-state index in [0.29, 0.717) is 0 Å². The number of aliphatic imine (C=N–C) groups is 1. The highest BCUT2D eigenvalue weighted by Gasteiger charge is 2.18. The van der Waals surface area contributed by atoms with Gasteiger partial charge >= 0.3 is 0 Å². The summed E-state index contributed by atoms with van der Waals surface area (Å²) in [5.41, 5.74) is 8.65. The molecule has 0 saturated heterocycles. The zero-order valence-corrected chi connectivity index (χ0v) is 11.7. The zero-order valence-electron chi connectivity index (χ0n) is 10.1. The average molecular weight is 272 g/mol. The predicted molar refractivity (Wildman–Crippen MR) is 77.4 cm³/mol. The molecule has 5 heteroatoms. The first-order valence-corrected chi connectivity index (χ1v) is 6.64. The van der Waals surface area contributed by atoms with Crippen LogP contribution in [0.1, 0.15) is 17.2 Å². The van der Waals surface area contributed by atoms with Crippen LogP contribution in [0.4, 0.5) is 0 Å². The third-order valence-corrected chi connectivity index (χ3v) is 3.76. The van der Waals surface area contributed by atoms with Crippen molar-refractivity contribution in [1.82, 2.24) is 5.32 Å². The SMILES string of the molecule is CSc1cccc(C(N)C2=NCCN2)c1C.Cl. The molecule has 1 aliphatic heterocycles. The first-order chi connectivity index (χ1) is 7.74. The summed E-state index contributed by atoms with van der Waals surface area (Å²) in [4.78, 5) is 5.67. The fourth-order valence-corrected chi connectivity index (χ4v) is 2.60. The summed E-state index contributed by atoms with van der Waals surface area (Å²) in [5, 5.41) is 3.24. The Hall–Kier alpha value is -0.710. The van der Waals surface area contributed by atoms with Gasteiger partial charge < -0.3 is 11.1 Å². The molecule has 0 bridgehead atoms. The van der Waals surface area contributed by atoms with Gasteiger partial charge in [0.05, 0.1) is 12.6 Å². The van der Waals surface area contributed by atoms with E-state index in [2.05, 4.69) is 41.7 Å². The summed E-state index contributed by atoms with van der Waals surface area (Å²) in [6.45, 7) is 3.87. The highest BCUT2D eigenvalue weighted by atomic mass is 35.5. The van der Waals surface area contributed by atoms with Gasteiger partial charge in [-0.15, -0.1) is 24.2 Å². The lowest BCUT2D eigenvalue weighted by Gasteiger charge is -2.17. The first kappa shape index (κ1) is 14.4. The summed E-state index contributed by atoms with van der Waals surface area (Å²) in [5.74, 6) is 0.918. The lowest BCUT2D eigenvalue weighted by molar-refractivity contribution is 0.881. The number of amidine groups is 1. The smallest absolute Gasteiger partial charge is 0.118 e. The van der Waals surface area contributed by atoms with Crippen LogP contribution < -0.4 is 11.1 Å². The number of hydrogen-bond acceptors (Lipinski definition) is 4. The van der Waals surface area contributed by atoms with Gasteiger partial charge in [0.1, 0.15) is 5.84 Å². The molecule has 1 unspecified atom stereocenters. The van der Waals surface area contributed by atoms with Crippen LogP contribution in [0.5, 0.6) is 0 Å². The number of halogens is 1. The molecule has 0 radical (unpaired) electrons. The van der Waals surface area contributed by atoms with E-state index in [1.54, 1.807) is 11.8 Å². The Kier molecular flexibility index (Phi) is 5.31. The maximum Gasteiger partial charge on any atom is 0.118 e. The number of hydrogen-bond donors (Lipinski definition) is 2. The number of nitrogens with zero attached hydrogens (tertiary/aromatic N) is 1. The second kappa shape index (κ2) is 6.28. The molecule has 94 valence electrons. The third-order valence-electron chi connectivity index (χ3n) is 2.88. The van der Waals surface area contributed by atoms with E-state index in [0.717, 1.165) is 18.9 Å². The quantitative estimate of drug-likeness (QED) is 0.828. The van der Waals surface area contributed by atoms with Crippen LogP contribution in [0.25, 0.3) is 0 Å². The fourth-order valence-electron chi connectivity index (χ4n) is 1.96. The number of rotatable bonds is 3. The van der Waals surface area contributed by atoms with Crippen molar-refractivity contribution in [2.45, 2.75) is 17.9 Å². The van der Waals surface area contributed by atoms with Gasteiger partial charge in [0.15, 0.2) is 0 Å². The minimum Gasteiger partial charge on any atom is -0.370 e. The van der Waals surface area contributed by atoms with Crippen molar-refractivity contribution in [2.75, 3.05) is 19.3 Å². The van der Waals surface area contributed by atoms with Crippen molar-refractivity contribution in [3.8, 4) is 0 Å². The Morgan fingerprint density at radius 3 is 2.82 bits per heavy atom. The van der Waals surface area contributed by atoms with Crippen molar-refractivity contribution < 1.29 is 0 Å². The van der Waals surface area contributed by atoms with Crippen LogP contribution >= 0.6 is 24.2 Å². The molecule has 0 spiro atoms. The molecule has 0 saturated carbocycles. The van der Waals surface area contributed by atoms with Crippen LogP contribution in [0.2, 0.25) is 0 Å². The van der Waals surface area contributed by atoms with Crippen LogP contribution in [0.3, 0.4) is 0 Å². The third kappa shape index (κ3) is 2.94. The molecule has 1 atom stereocenters. The van der Waals surface area contributed by atoms with E-state index >= 15 is 0 Å².